The van der Waals surface area contributed by atoms with Crippen LogP contribution in [-0.4, -0.2) is 19.1 Å². The van der Waals surface area contributed by atoms with Gasteiger partial charge in [0.15, 0.2) is 0 Å². The number of carbonyl (C=O) groups is 1. The number of fused-ring (bicyclic) bond motifs is 1. The number of esters is 1. The molecule has 0 unspecified atom stereocenters. The van der Waals surface area contributed by atoms with E-state index in [4.69, 9.17) is 4.74 Å². The molecule has 3 rings (SSSR count). The average Bonchev–Trinajstić information content (AvgIpc) is 2.98. The number of carbonyl (C=O) groups excluding carboxylic acids is 1. The van der Waals surface area contributed by atoms with Gasteiger partial charge in [-0.05, 0) is 54.2 Å². The lowest BCUT2D eigenvalue weighted by molar-refractivity contribution is -0.142. The van der Waals surface area contributed by atoms with E-state index < -0.39 is 0 Å². The first-order valence-electron chi connectivity index (χ1n) is 7.81. The molecule has 0 fully saturated rings. The molecule has 1 heterocycles. The van der Waals surface area contributed by atoms with E-state index in [9.17, 15) is 4.79 Å². The molecule has 0 aliphatic carbocycles. The Kier molecular flexibility index (Phi) is 4.14. The van der Waals surface area contributed by atoms with Gasteiger partial charge in [0.2, 0.25) is 0 Å². The van der Waals surface area contributed by atoms with Gasteiger partial charge in [-0.3, -0.25) is 4.79 Å². The second-order valence-corrected chi connectivity index (χ2v) is 5.58. The maximum absolute atomic E-state index is 11.8. The summed E-state index contributed by atoms with van der Waals surface area (Å²) in [6.07, 6.45) is 1.38. The Hall–Kier alpha value is -2.29. The van der Waals surface area contributed by atoms with E-state index in [0.717, 1.165) is 24.1 Å². The van der Waals surface area contributed by atoms with E-state index in [-0.39, 0.29) is 5.97 Å². The van der Waals surface area contributed by atoms with Crippen LogP contribution in [0.15, 0.2) is 36.4 Å². The van der Waals surface area contributed by atoms with E-state index in [2.05, 4.69) is 36.5 Å². The van der Waals surface area contributed by atoms with Crippen molar-refractivity contribution in [2.75, 3.05) is 18.5 Å². The molecule has 2 aromatic carbocycles. The van der Waals surface area contributed by atoms with E-state index in [1.807, 2.05) is 19.1 Å². The molecule has 0 bridgehead atoms. The second kappa shape index (κ2) is 6.22. The molecular weight excluding hydrogens is 274 g/mol. The molecule has 1 aliphatic heterocycles. The van der Waals surface area contributed by atoms with Gasteiger partial charge in [-0.25, -0.2) is 0 Å². The molecule has 3 nitrogen and oxygen atoms in total. The van der Waals surface area contributed by atoms with Crippen LogP contribution in [0.4, 0.5) is 5.69 Å². The summed E-state index contributed by atoms with van der Waals surface area (Å²) < 4.78 is 5.07. The van der Waals surface area contributed by atoms with Crippen LogP contribution in [0, 0.1) is 6.92 Å². The minimum Gasteiger partial charge on any atom is -0.466 e. The smallest absolute Gasteiger partial charge is 0.310 e. The third-order valence-electron chi connectivity index (χ3n) is 4.24. The van der Waals surface area contributed by atoms with Gasteiger partial charge in [-0.1, -0.05) is 30.3 Å². The van der Waals surface area contributed by atoms with Gasteiger partial charge in [0, 0.05) is 12.2 Å². The normalized spacial score (nSPS) is 12.6. The highest BCUT2D eigenvalue weighted by Crippen LogP contribution is 2.35. The van der Waals surface area contributed by atoms with Crippen LogP contribution in [0.3, 0.4) is 0 Å². The zero-order valence-electron chi connectivity index (χ0n) is 13.1. The summed E-state index contributed by atoms with van der Waals surface area (Å²) in [6, 6.07) is 12.6. The highest BCUT2D eigenvalue weighted by molar-refractivity contribution is 5.80. The fourth-order valence-corrected chi connectivity index (χ4v) is 3.13. The fraction of sp³-hybridized carbons (Fsp3) is 0.316. The molecule has 0 saturated heterocycles. The number of benzene rings is 2. The van der Waals surface area contributed by atoms with Crippen LogP contribution >= 0.6 is 0 Å². The summed E-state index contributed by atoms with van der Waals surface area (Å²) in [5.41, 5.74) is 7.29. The van der Waals surface area contributed by atoms with Crippen LogP contribution in [-0.2, 0) is 22.4 Å². The van der Waals surface area contributed by atoms with Gasteiger partial charge in [-0.2, -0.15) is 0 Å². The van der Waals surface area contributed by atoms with Crippen LogP contribution in [0.5, 0.6) is 0 Å². The standard InChI is InChI=1S/C19H21NO2/c1-3-22-19(21)12-14-6-4-7-15(13(14)2)16-8-5-9-18-17(16)10-11-20-18/h4-9,20H,3,10-12H2,1-2H3. The van der Waals surface area contributed by atoms with Gasteiger partial charge in [-0.15, -0.1) is 0 Å². The van der Waals surface area contributed by atoms with Crippen molar-refractivity contribution < 1.29 is 9.53 Å². The van der Waals surface area contributed by atoms with Crippen LogP contribution in [0.2, 0.25) is 0 Å². The molecule has 0 aromatic heterocycles. The topological polar surface area (TPSA) is 38.3 Å². The molecule has 22 heavy (non-hydrogen) atoms. The summed E-state index contributed by atoms with van der Waals surface area (Å²) in [4.78, 5) is 11.8. The number of rotatable bonds is 4. The Morgan fingerprint density at radius 2 is 1.95 bits per heavy atom. The van der Waals surface area contributed by atoms with Crippen molar-refractivity contribution in [1.82, 2.24) is 0 Å². The quantitative estimate of drug-likeness (QED) is 0.873. The largest absolute Gasteiger partial charge is 0.466 e. The lowest BCUT2D eigenvalue weighted by Gasteiger charge is -2.14. The fourth-order valence-electron chi connectivity index (χ4n) is 3.13. The highest BCUT2D eigenvalue weighted by atomic mass is 16.5. The number of nitrogens with one attached hydrogen (secondary N) is 1. The van der Waals surface area contributed by atoms with E-state index >= 15 is 0 Å². The molecular formula is C19H21NO2. The SMILES string of the molecule is CCOC(=O)Cc1cccc(-c2cccc3c2CCN3)c1C. The Balaban J connectivity index is 1.99. The first kappa shape index (κ1) is 14.6. The Morgan fingerprint density at radius 3 is 2.77 bits per heavy atom. The molecule has 1 N–H and O–H groups in total. The number of ether oxygens (including phenoxy) is 1. The molecule has 0 saturated carbocycles. The molecule has 2 aromatic rings. The Morgan fingerprint density at radius 1 is 1.18 bits per heavy atom. The first-order valence-corrected chi connectivity index (χ1v) is 7.81. The molecule has 0 atom stereocenters. The summed E-state index contributed by atoms with van der Waals surface area (Å²) in [6.45, 7) is 5.34. The van der Waals surface area contributed by atoms with Gasteiger partial charge < -0.3 is 10.1 Å². The second-order valence-electron chi connectivity index (χ2n) is 5.58. The van der Waals surface area contributed by atoms with Crippen molar-refractivity contribution in [3.05, 3.63) is 53.1 Å². The minimum atomic E-state index is -0.164. The number of hydrogen-bond acceptors (Lipinski definition) is 3. The third kappa shape index (κ3) is 2.71. The molecule has 0 spiro atoms. The summed E-state index contributed by atoms with van der Waals surface area (Å²) in [7, 11) is 0. The lowest BCUT2D eigenvalue weighted by atomic mass is 9.91. The van der Waals surface area contributed by atoms with Crippen LogP contribution < -0.4 is 5.32 Å². The third-order valence-corrected chi connectivity index (χ3v) is 4.24. The van der Waals surface area contributed by atoms with Crippen molar-refractivity contribution in [3.8, 4) is 11.1 Å². The predicted octanol–water partition coefficient (Wildman–Crippen LogP) is 3.74. The van der Waals surface area contributed by atoms with Crippen molar-refractivity contribution in [3.63, 3.8) is 0 Å². The van der Waals surface area contributed by atoms with Gasteiger partial charge >= 0.3 is 5.97 Å². The average molecular weight is 295 g/mol. The molecule has 3 heteroatoms. The minimum absolute atomic E-state index is 0.164. The number of hydrogen-bond donors (Lipinski definition) is 1. The highest BCUT2D eigenvalue weighted by Gasteiger charge is 2.17. The van der Waals surface area contributed by atoms with Crippen molar-refractivity contribution in [1.29, 1.82) is 0 Å². The van der Waals surface area contributed by atoms with Gasteiger partial charge in [0.1, 0.15) is 0 Å². The monoisotopic (exact) mass is 295 g/mol. The van der Waals surface area contributed by atoms with Crippen LogP contribution in [0.1, 0.15) is 23.6 Å². The first-order chi connectivity index (χ1) is 10.7. The molecule has 0 radical (unpaired) electrons. The van der Waals surface area contributed by atoms with Crippen LogP contribution in [0.25, 0.3) is 11.1 Å². The summed E-state index contributed by atoms with van der Waals surface area (Å²) in [5.74, 6) is -0.164. The lowest BCUT2D eigenvalue weighted by Crippen LogP contribution is -2.09. The van der Waals surface area contributed by atoms with E-state index in [1.165, 1.54) is 22.4 Å². The maximum Gasteiger partial charge on any atom is 0.310 e. The summed E-state index contributed by atoms with van der Waals surface area (Å²) >= 11 is 0. The molecule has 114 valence electrons. The van der Waals surface area contributed by atoms with E-state index in [1.54, 1.807) is 0 Å². The Labute approximate surface area is 131 Å². The molecule has 1 aliphatic rings. The summed E-state index contributed by atoms with van der Waals surface area (Å²) in [5, 5.41) is 3.42. The predicted molar refractivity (Wildman–Crippen MR) is 89.1 cm³/mol. The number of anilines is 1. The van der Waals surface area contributed by atoms with Gasteiger partial charge in [0.25, 0.3) is 0 Å². The van der Waals surface area contributed by atoms with E-state index in [0.29, 0.717) is 13.0 Å². The Bertz CT molecular complexity index is 707. The zero-order chi connectivity index (χ0) is 15.5. The zero-order valence-corrected chi connectivity index (χ0v) is 13.1. The molecule has 0 amide bonds. The van der Waals surface area contributed by atoms with Crippen molar-refractivity contribution in [2.45, 2.75) is 26.7 Å². The van der Waals surface area contributed by atoms with Crippen molar-refractivity contribution in [2.24, 2.45) is 0 Å². The maximum atomic E-state index is 11.8. The van der Waals surface area contributed by atoms with Crippen molar-refractivity contribution >= 4 is 11.7 Å². The van der Waals surface area contributed by atoms with Gasteiger partial charge in [0.05, 0.1) is 13.0 Å².